The highest BCUT2D eigenvalue weighted by molar-refractivity contribution is 6.35. The molecule has 1 aromatic carbocycles. The van der Waals surface area contributed by atoms with E-state index in [-0.39, 0.29) is 11.8 Å². The van der Waals surface area contributed by atoms with Gasteiger partial charge in [0.25, 0.3) is 11.8 Å². The number of unbranched alkanes of at least 4 members (excludes halogenated alkanes) is 3. The molecule has 5 heteroatoms. The van der Waals surface area contributed by atoms with Crippen molar-refractivity contribution in [2.24, 2.45) is 0 Å². The first-order valence-corrected chi connectivity index (χ1v) is 11.3. The molecule has 2 aliphatic heterocycles. The lowest BCUT2D eigenvalue weighted by atomic mass is 10.0. The Bertz CT molecular complexity index is 733. The van der Waals surface area contributed by atoms with Gasteiger partial charge in [-0.2, -0.15) is 0 Å². The van der Waals surface area contributed by atoms with Crippen LogP contribution in [0.15, 0.2) is 30.0 Å². The molecule has 1 fully saturated rings. The molecule has 3 rings (SSSR count). The summed E-state index contributed by atoms with van der Waals surface area (Å²) in [4.78, 5) is 30.1. The number of piperidine rings is 1. The number of imide groups is 1. The summed E-state index contributed by atoms with van der Waals surface area (Å²) < 4.78 is 5.67. The number of amides is 2. The molecule has 29 heavy (non-hydrogen) atoms. The van der Waals surface area contributed by atoms with E-state index in [2.05, 4.69) is 18.7 Å². The summed E-state index contributed by atoms with van der Waals surface area (Å²) in [5, 5.41) is 0. The second-order valence-corrected chi connectivity index (χ2v) is 7.97. The van der Waals surface area contributed by atoms with Crippen LogP contribution in [0.5, 0.6) is 5.75 Å². The van der Waals surface area contributed by atoms with E-state index in [9.17, 15) is 9.59 Å². The molecule has 0 spiro atoms. The normalized spacial score (nSPS) is 17.4. The standard InChI is InChI=1S/C24H34N2O3/c1-3-5-6-10-17-26-23(27)21(19-11-13-20(14-12-19)29-18-4-2)22(24(26)28)25-15-8-7-9-16-25/h11-14H,3-10,15-18H2,1-2H3. The highest BCUT2D eigenvalue weighted by Crippen LogP contribution is 2.34. The first-order valence-electron chi connectivity index (χ1n) is 11.3. The van der Waals surface area contributed by atoms with Gasteiger partial charge in [-0.1, -0.05) is 45.2 Å². The smallest absolute Gasteiger partial charge is 0.277 e. The van der Waals surface area contributed by atoms with Crippen molar-refractivity contribution in [1.82, 2.24) is 9.80 Å². The third kappa shape index (κ3) is 5.01. The topological polar surface area (TPSA) is 49.9 Å². The lowest BCUT2D eigenvalue weighted by Crippen LogP contribution is -2.37. The first-order chi connectivity index (χ1) is 14.2. The Morgan fingerprint density at radius 2 is 1.59 bits per heavy atom. The molecule has 158 valence electrons. The zero-order valence-corrected chi connectivity index (χ0v) is 17.9. The third-order valence-corrected chi connectivity index (χ3v) is 5.67. The number of carbonyl (C=O) groups is 2. The van der Waals surface area contributed by atoms with Gasteiger partial charge in [0.1, 0.15) is 11.4 Å². The van der Waals surface area contributed by atoms with Gasteiger partial charge in [0, 0.05) is 19.6 Å². The van der Waals surface area contributed by atoms with Crippen LogP contribution in [0.2, 0.25) is 0 Å². The van der Waals surface area contributed by atoms with Gasteiger partial charge < -0.3 is 9.64 Å². The second kappa shape index (κ2) is 10.5. The summed E-state index contributed by atoms with van der Waals surface area (Å²) in [6.07, 6.45) is 8.46. The van der Waals surface area contributed by atoms with Gasteiger partial charge in [-0.05, 0) is 49.8 Å². The first kappa shape index (κ1) is 21.4. The number of carbonyl (C=O) groups excluding carboxylic acids is 2. The second-order valence-electron chi connectivity index (χ2n) is 7.97. The molecule has 0 radical (unpaired) electrons. The number of hydrogen-bond donors (Lipinski definition) is 0. The molecule has 0 aliphatic carbocycles. The zero-order valence-electron chi connectivity index (χ0n) is 17.9. The van der Waals surface area contributed by atoms with Crippen LogP contribution in [0, 0.1) is 0 Å². The summed E-state index contributed by atoms with van der Waals surface area (Å²) in [6.45, 7) is 7.11. The number of likely N-dealkylation sites (tertiary alicyclic amines) is 1. The summed E-state index contributed by atoms with van der Waals surface area (Å²) in [7, 11) is 0. The lowest BCUT2D eigenvalue weighted by molar-refractivity contribution is -0.137. The van der Waals surface area contributed by atoms with Crippen molar-refractivity contribution in [2.45, 2.75) is 65.2 Å². The predicted octanol–water partition coefficient (Wildman–Crippen LogP) is 4.62. The minimum Gasteiger partial charge on any atom is -0.494 e. The summed E-state index contributed by atoms with van der Waals surface area (Å²) in [5.74, 6) is 0.535. The molecular weight excluding hydrogens is 364 g/mol. The molecule has 0 N–H and O–H groups in total. The maximum Gasteiger partial charge on any atom is 0.277 e. The molecule has 5 nitrogen and oxygen atoms in total. The van der Waals surface area contributed by atoms with Crippen LogP contribution in [0.3, 0.4) is 0 Å². The molecular formula is C24H34N2O3. The van der Waals surface area contributed by atoms with Gasteiger partial charge in [0.15, 0.2) is 0 Å². The van der Waals surface area contributed by atoms with E-state index < -0.39 is 0 Å². The van der Waals surface area contributed by atoms with E-state index in [1.54, 1.807) is 0 Å². The molecule has 0 bridgehead atoms. The third-order valence-electron chi connectivity index (χ3n) is 5.67. The number of hydrogen-bond acceptors (Lipinski definition) is 4. The Morgan fingerprint density at radius 3 is 2.24 bits per heavy atom. The van der Waals surface area contributed by atoms with Gasteiger partial charge in [0.2, 0.25) is 0 Å². The number of rotatable bonds is 10. The van der Waals surface area contributed by atoms with E-state index in [0.29, 0.717) is 24.4 Å². The molecule has 1 aromatic rings. The molecule has 0 atom stereocenters. The van der Waals surface area contributed by atoms with Crippen molar-refractivity contribution in [3.05, 3.63) is 35.5 Å². The monoisotopic (exact) mass is 398 g/mol. The van der Waals surface area contributed by atoms with Crippen molar-refractivity contribution in [3.8, 4) is 5.75 Å². The Morgan fingerprint density at radius 1 is 0.862 bits per heavy atom. The van der Waals surface area contributed by atoms with Crippen LogP contribution in [-0.4, -0.2) is 47.9 Å². The van der Waals surface area contributed by atoms with Crippen LogP contribution in [0.25, 0.3) is 5.57 Å². The average Bonchev–Trinajstić information content (AvgIpc) is 3.00. The fourth-order valence-electron chi connectivity index (χ4n) is 4.07. The van der Waals surface area contributed by atoms with E-state index in [1.165, 1.54) is 11.3 Å². The van der Waals surface area contributed by atoms with Gasteiger partial charge in [-0.15, -0.1) is 0 Å². The lowest BCUT2D eigenvalue weighted by Gasteiger charge is -2.29. The Balaban J connectivity index is 1.86. The highest BCUT2D eigenvalue weighted by Gasteiger charge is 2.41. The van der Waals surface area contributed by atoms with Gasteiger partial charge in [-0.3, -0.25) is 14.5 Å². The van der Waals surface area contributed by atoms with Crippen LogP contribution in [0.1, 0.15) is 70.8 Å². The SMILES string of the molecule is CCCCCCN1C(=O)C(c2ccc(OCCC)cc2)=C(N2CCCCC2)C1=O. The van der Waals surface area contributed by atoms with Crippen LogP contribution in [0.4, 0.5) is 0 Å². The van der Waals surface area contributed by atoms with Crippen molar-refractivity contribution >= 4 is 17.4 Å². The van der Waals surface area contributed by atoms with E-state index in [0.717, 1.165) is 69.3 Å². The minimum atomic E-state index is -0.144. The zero-order chi connectivity index (χ0) is 20.6. The fourth-order valence-corrected chi connectivity index (χ4v) is 4.07. The van der Waals surface area contributed by atoms with E-state index >= 15 is 0 Å². The maximum atomic E-state index is 13.3. The van der Waals surface area contributed by atoms with Crippen molar-refractivity contribution in [3.63, 3.8) is 0 Å². The number of ether oxygens (including phenoxy) is 1. The van der Waals surface area contributed by atoms with E-state index in [4.69, 9.17) is 4.74 Å². The van der Waals surface area contributed by atoms with E-state index in [1.807, 2.05) is 24.3 Å². The summed E-state index contributed by atoms with van der Waals surface area (Å²) in [6, 6.07) is 7.62. The number of benzene rings is 1. The Labute approximate surface area is 174 Å². The average molecular weight is 399 g/mol. The Kier molecular flexibility index (Phi) is 7.73. The Hall–Kier alpha value is -2.30. The highest BCUT2D eigenvalue weighted by atomic mass is 16.5. The van der Waals surface area contributed by atoms with Crippen LogP contribution in [-0.2, 0) is 9.59 Å². The maximum absolute atomic E-state index is 13.3. The quantitative estimate of drug-likeness (QED) is 0.426. The molecule has 2 heterocycles. The molecule has 0 unspecified atom stereocenters. The predicted molar refractivity (Wildman–Crippen MR) is 115 cm³/mol. The number of nitrogens with zero attached hydrogens (tertiary/aromatic N) is 2. The van der Waals surface area contributed by atoms with Crippen LogP contribution >= 0.6 is 0 Å². The molecule has 0 saturated carbocycles. The minimum absolute atomic E-state index is 0.116. The van der Waals surface area contributed by atoms with Gasteiger partial charge >= 0.3 is 0 Å². The molecule has 2 amide bonds. The van der Waals surface area contributed by atoms with Crippen molar-refractivity contribution in [2.75, 3.05) is 26.2 Å². The molecule has 1 saturated heterocycles. The van der Waals surface area contributed by atoms with Gasteiger partial charge in [-0.25, -0.2) is 0 Å². The molecule has 0 aromatic heterocycles. The van der Waals surface area contributed by atoms with Crippen molar-refractivity contribution in [1.29, 1.82) is 0 Å². The largest absolute Gasteiger partial charge is 0.494 e. The van der Waals surface area contributed by atoms with Crippen molar-refractivity contribution < 1.29 is 14.3 Å². The summed E-state index contributed by atoms with van der Waals surface area (Å²) in [5.41, 5.74) is 1.98. The summed E-state index contributed by atoms with van der Waals surface area (Å²) >= 11 is 0. The molecule has 2 aliphatic rings. The van der Waals surface area contributed by atoms with Gasteiger partial charge in [0.05, 0.1) is 12.2 Å². The fraction of sp³-hybridized carbons (Fsp3) is 0.583. The van der Waals surface area contributed by atoms with Crippen LogP contribution < -0.4 is 4.74 Å².